The van der Waals surface area contributed by atoms with Crippen molar-refractivity contribution in [3.05, 3.63) is 83.8 Å². The molecule has 3 rings (SSSR count). The van der Waals surface area contributed by atoms with Crippen molar-refractivity contribution in [1.82, 2.24) is 19.8 Å². The molecule has 0 aliphatic rings. The van der Waals surface area contributed by atoms with Crippen LogP contribution >= 0.6 is 0 Å². The fourth-order valence-corrected chi connectivity index (χ4v) is 3.46. The Balaban J connectivity index is 1.69. The lowest BCUT2D eigenvalue weighted by Crippen LogP contribution is -2.41. The van der Waals surface area contributed by atoms with E-state index in [2.05, 4.69) is 10.3 Å². The van der Waals surface area contributed by atoms with E-state index in [0.29, 0.717) is 36.5 Å². The van der Waals surface area contributed by atoms with Crippen LogP contribution < -0.4 is 10.1 Å². The van der Waals surface area contributed by atoms with E-state index in [1.165, 1.54) is 13.3 Å². The van der Waals surface area contributed by atoms with Gasteiger partial charge in [-0.15, -0.1) is 0 Å². The highest BCUT2D eigenvalue weighted by atomic mass is 16.5. The van der Waals surface area contributed by atoms with Gasteiger partial charge in [-0.05, 0) is 36.6 Å². The largest absolute Gasteiger partial charge is 0.481 e. The first-order chi connectivity index (χ1) is 15.0. The Kier molecular flexibility index (Phi) is 7.43. The maximum absolute atomic E-state index is 13.1. The smallest absolute Gasteiger partial charge is 0.267 e. The number of pyridine rings is 1. The monoisotopic (exact) mass is 420 g/mol. The topological polar surface area (TPSA) is 76.5 Å². The van der Waals surface area contributed by atoms with E-state index in [9.17, 15) is 9.59 Å². The predicted molar refractivity (Wildman–Crippen MR) is 119 cm³/mol. The summed E-state index contributed by atoms with van der Waals surface area (Å²) in [6.45, 7) is 0.458. The van der Waals surface area contributed by atoms with Gasteiger partial charge in [-0.1, -0.05) is 30.3 Å². The van der Waals surface area contributed by atoms with Crippen molar-refractivity contribution in [2.24, 2.45) is 7.05 Å². The molecule has 2 heterocycles. The number of likely N-dealkylation sites (N-methyl/N-ethyl adjacent to an activating group) is 1. The minimum absolute atomic E-state index is 0.0919. The van der Waals surface area contributed by atoms with Gasteiger partial charge in [-0.25, -0.2) is 4.98 Å². The van der Waals surface area contributed by atoms with Crippen molar-refractivity contribution in [2.45, 2.75) is 18.9 Å². The van der Waals surface area contributed by atoms with Crippen molar-refractivity contribution in [1.29, 1.82) is 0 Å². The third-order valence-electron chi connectivity index (χ3n) is 5.31. The van der Waals surface area contributed by atoms with Crippen molar-refractivity contribution in [3.8, 4) is 5.88 Å². The molecule has 0 saturated heterocycles. The molecule has 0 spiro atoms. The highest BCUT2D eigenvalue weighted by molar-refractivity contribution is 5.94. The van der Waals surface area contributed by atoms with E-state index >= 15 is 0 Å². The molecule has 0 saturated carbocycles. The molecule has 3 aromatic rings. The minimum atomic E-state index is -0.126. The van der Waals surface area contributed by atoms with Crippen molar-refractivity contribution >= 4 is 11.8 Å². The van der Waals surface area contributed by atoms with Crippen LogP contribution in [0.25, 0.3) is 0 Å². The Morgan fingerprint density at radius 2 is 1.90 bits per heavy atom. The predicted octanol–water partition coefficient (Wildman–Crippen LogP) is 2.93. The molecule has 7 heteroatoms. The molecule has 2 amide bonds. The number of carbonyl (C=O) groups is 2. The Bertz CT molecular complexity index is 999. The Labute approximate surface area is 182 Å². The highest BCUT2D eigenvalue weighted by Gasteiger charge is 2.22. The fourth-order valence-electron chi connectivity index (χ4n) is 3.46. The molecule has 0 bridgehead atoms. The molecular formula is C24H28N4O3. The van der Waals surface area contributed by atoms with Crippen LogP contribution in [-0.4, -0.2) is 53.0 Å². The second kappa shape index (κ2) is 10.4. The molecule has 0 radical (unpaired) electrons. The van der Waals surface area contributed by atoms with E-state index in [4.69, 9.17) is 4.74 Å². The summed E-state index contributed by atoms with van der Waals surface area (Å²) in [5, 5.41) is 2.96. The highest BCUT2D eigenvalue weighted by Crippen LogP contribution is 2.15. The number of amides is 2. The average Bonchev–Trinajstić information content (AvgIpc) is 3.24. The van der Waals surface area contributed by atoms with Crippen molar-refractivity contribution in [2.75, 3.05) is 20.7 Å². The summed E-state index contributed by atoms with van der Waals surface area (Å²) in [5.41, 5.74) is 2.23. The lowest BCUT2D eigenvalue weighted by atomic mass is 10.0. The summed E-state index contributed by atoms with van der Waals surface area (Å²) in [6, 6.07) is 16.9. The van der Waals surface area contributed by atoms with Gasteiger partial charge >= 0.3 is 0 Å². The van der Waals surface area contributed by atoms with Crippen LogP contribution in [0, 0.1) is 0 Å². The average molecular weight is 421 g/mol. The Morgan fingerprint density at radius 1 is 1.13 bits per heavy atom. The minimum Gasteiger partial charge on any atom is -0.481 e. The second-order valence-corrected chi connectivity index (χ2v) is 7.40. The molecule has 1 unspecified atom stereocenters. The van der Waals surface area contributed by atoms with Gasteiger partial charge in [-0.2, -0.15) is 0 Å². The van der Waals surface area contributed by atoms with Crippen LogP contribution in [0.1, 0.15) is 32.8 Å². The molecule has 1 atom stereocenters. The lowest BCUT2D eigenvalue weighted by Gasteiger charge is -2.29. The number of nitrogens with zero attached hydrogens (tertiary/aromatic N) is 3. The molecule has 162 valence electrons. The number of methoxy groups -OCH3 is 1. The van der Waals surface area contributed by atoms with Gasteiger partial charge in [0.25, 0.3) is 11.8 Å². The van der Waals surface area contributed by atoms with E-state index in [1.54, 1.807) is 34.7 Å². The van der Waals surface area contributed by atoms with E-state index in [1.807, 2.05) is 49.6 Å². The number of rotatable bonds is 9. The third-order valence-corrected chi connectivity index (χ3v) is 5.31. The molecule has 0 fully saturated rings. The molecule has 0 aliphatic heterocycles. The molecule has 7 nitrogen and oxygen atoms in total. The molecule has 1 aromatic carbocycles. The first kappa shape index (κ1) is 22.1. The quantitative estimate of drug-likeness (QED) is 0.578. The summed E-state index contributed by atoms with van der Waals surface area (Å²) >= 11 is 0. The normalized spacial score (nSPS) is 11.6. The maximum atomic E-state index is 13.1. The van der Waals surface area contributed by atoms with E-state index in [0.717, 1.165) is 5.56 Å². The molecule has 31 heavy (non-hydrogen) atoms. The van der Waals surface area contributed by atoms with Gasteiger partial charge in [-0.3, -0.25) is 9.59 Å². The summed E-state index contributed by atoms with van der Waals surface area (Å²) < 4.78 is 6.85. The zero-order valence-electron chi connectivity index (χ0n) is 18.1. The SMILES string of the molecule is COc1ccc(C(=O)N(C)C(CCNC(=O)c2cccn2C)Cc2ccccc2)cn1. The number of carbonyl (C=O) groups excluding carboxylic acids is 2. The van der Waals surface area contributed by atoms with Crippen LogP contribution in [0.15, 0.2) is 67.0 Å². The van der Waals surface area contributed by atoms with Gasteiger partial charge in [0, 0.05) is 45.1 Å². The second-order valence-electron chi connectivity index (χ2n) is 7.40. The zero-order valence-corrected chi connectivity index (χ0v) is 18.1. The Morgan fingerprint density at radius 3 is 2.52 bits per heavy atom. The standard InChI is InChI=1S/C24H28N4O3/c1-27-15-7-10-21(27)23(29)25-14-13-20(16-18-8-5-4-6-9-18)28(2)24(30)19-11-12-22(31-3)26-17-19/h4-12,15,17,20H,13-14,16H2,1-3H3,(H,25,29). The summed E-state index contributed by atoms with van der Waals surface area (Å²) in [4.78, 5) is 31.3. The molecule has 1 N–H and O–H groups in total. The number of ether oxygens (including phenoxy) is 1. The molecule has 0 aliphatic carbocycles. The van der Waals surface area contributed by atoms with E-state index in [-0.39, 0.29) is 17.9 Å². The van der Waals surface area contributed by atoms with Gasteiger partial charge in [0.05, 0.1) is 12.7 Å². The first-order valence-corrected chi connectivity index (χ1v) is 10.2. The number of hydrogen-bond acceptors (Lipinski definition) is 4. The van der Waals surface area contributed by atoms with Crippen molar-refractivity contribution in [3.63, 3.8) is 0 Å². The van der Waals surface area contributed by atoms with Gasteiger partial charge in [0.15, 0.2) is 0 Å². The number of hydrogen-bond donors (Lipinski definition) is 1. The number of aromatic nitrogens is 2. The number of benzene rings is 1. The van der Waals surface area contributed by atoms with Crippen LogP contribution in [0.4, 0.5) is 0 Å². The number of aryl methyl sites for hydroxylation is 1. The third kappa shape index (κ3) is 5.72. The van der Waals surface area contributed by atoms with E-state index < -0.39 is 0 Å². The summed E-state index contributed by atoms with van der Waals surface area (Å²) in [5.74, 6) is 0.215. The zero-order chi connectivity index (χ0) is 22.2. The van der Waals surface area contributed by atoms with Gasteiger partial charge in [0.2, 0.25) is 5.88 Å². The van der Waals surface area contributed by atoms with Crippen LogP contribution in [0.5, 0.6) is 5.88 Å². The van der Waals surface area contributed by atoms with Crippen molar-refractivity contribution < 1.29 is 14.3 Å². The molecular weight excluding hydrogens is 392 g/mol. The van der Waals surface area contributed by atoms with Crippen LogP contribution in [-0.2, 0) is 13.5 Å². The number of nitrogens with one attached hydrogen (secondary N) is 1. The summed E-state index contributed by atoms with van der Waals surface area (Å²) in [6.07, 6.45) is 4.67. The summed E-state index contributed by atoms with van der Waals surface area (Å²) in [7, 11) is 5.16. The van der Waals surface area contributed by atoms with Crippen LogP contribution in [0.3, 0.4) is 0 Å². The lowest BCUT2D eigenvalue weighted by molar-refractivity contribution is 0.0722. The maximum Gasteiger partial charge on any atom is 0.267 e. The first-order valence-electron chi connectivity index (χ1n) is 10.2. The molecule has 2 aromatic heterocycles. The van der Waals surface area contributed by atoms with Crippen LogP contribution in [0.2, 0.25) is 0 Å². The fraction of sp³-hybridized carbons (Fsp3) is 0.292. The van der Waals surface area contributed by atoms with Gasteiger partial charge in [0.1, 0.15) is 5.69 Å². The Hall–Kier alpha value is -3.61. The van der Waals surface area contributed by atoms with Gasteiger partial charge < -0.3 is 19.5 Å².